The monoisotopic (exact) mass is 1170 g/mol. The summed E-state index contributed by atoms with van der Waals surface area (Å²) >= 11 is 0. The Morgan fingerprint density at radius 3 is 2.28 bits per heavy atom. The Hall–Kier alpha value is -6.24. The Balaban J connectivity index is 0.000000931. The molecule has 7 rings (SSSR count). The van der Waals surface area contributed by atoms with Crippen LogP contribution in [0.15, 0.2) is 91.1 Å². The van der Waals surface area contributed by atoms with Crippen molar-refractivity contribution in [3.63, 3.8) is 0 Å². The van der Waals surface area contributed by atoms with E-state index >= 15 is 0 Å². The zero-order valence-corrected chi connectivity index (χ0v) is 49.0. The molecule has 4 aromatic rings. The molecule has 3 aliphatic rings. The maximum Gasteiger partial charge on any atom is 0.409 e. The molecular weight excluding hydrogens is 1090 g/mol. The number of ether oxygens (including phenoxy) is 4. The largest absolute Gasteiger partial charge is 0.492 e. The molecule has 6 bridgehead atoms. The molecule has 0 spiro atoms. The number of fused-ring (bicyclic) bond motifs is 7. The molecule has 2 unspecified atom stereocenters. The van der Waals surface area contributed by atoms with Crippen LogP contribution in [0.3, 0.4) is 0 Å². The van der Waals surface area contributed by atoms with Crippen molar-refractivity contribution >= 4 is 53.5 Å². The molecule has 2 fully saturated rings. The summed E-state index contributed by atoms with van der Waals surface area (Å²) < 4.78 is 23.9. The molecule has 6 amide bonds. The van der Waals surface area contributed by atoms with Gasteiger partial charge in [0.15, 0.2) is 0 Å². The van der Waals surface area contributed by atoms with Gasteiger partial charge in [-0.1, -0.05) is 62.8 Å². The fourth-order valence-corrected chi connectivity index (χ4v) is 8.29. The number of nitrogens with two attached hydrogens (primary N) is 1. The topological polar surface area (TPSA) is 264 Å². The Kier molecular flexibility index (Phi) is 29.2. The number of rotatable bonds is 17. The number of primary amides is 1. The maximum absolute atomic E-state index is 14.6. The molecule has 1 aromatic heterocycles. The number of aldehydes is 1. The van der Waals surface area contributed by atoms with Crippen molar-refractivity contribution in [2.24, 2.45) is 5.73 Å². The number of nitrogens with one attached hydrogen (secondary N) is 3. The molecule has 6 N–H and O–H groups in total. The van der Waals surface area contributed by atoms with E-state index < -0.39 is 24.1 Å². The zero-order chi connectivity index (χ0) is 56.2. The Bertz CT molecular complexity index is 2590. The van der Waals surface area contributed by atoms with Crippen molar-refractivity contribution in [1.29, 1.82) is 0 Å². The maximum atomic E-state index is 14.6. The van der Waals surface area contributed by atoms with Crippen LogP contribution in [-0.4, -0.2) is 170 Å². The number of hydroxylamine groups is 1. The molecular formula is C56H77N11O11Y. The van der Waals surface area contributed by atoms with Crippen LogP contribution in [0.5, 0.6) is 5.75 Å². The molecule has 3 aliphatic heterocycles. The summed E-state index contributed by atoms with van der Waals surface area (Å²) in [6, 6.07) is 20.7. The number of carbonyl (C=O) groups is 6. The average molecular weight is 1170 g/mol. The van der Waals surface area contributed by atoms with E-state index in [1.807, 2.05) is 66.6 Å². The number of nitrogens with zero attached hydrogens (tertiary/aromatic N) is 7. The number of hydrogen-bond acceptors (Lipinski definition) is 16. The summed E-state index contributed by atoms with van der Waals surface area (Å²) in [5, 5.41) is 13.6. The first-order chi connectivity index (χ1) is 37.7. The third-order valence-corrected chi connectivity index (χ3v) is 12.6. The van der Waals surface area contributed by atoms with Gasteiger partial charge in [0.05, 0.1) is 62.9 Å². The van der Waals surface area contributed by atoms with E-state index in [2.05, 4.69) is 34.4 Å². The third kappa shape index (κ3) is 22.1. The Morgan fingerprint density at radius 2 is 1.62 bits per heavy atom. The van der Waals surface area contributed by atoms with Crippen LogP contribution in [-0.2, 0) is 85.9 Å². The number of aromatic nitrogens is 2. The molecule has 2 atom stereocenters. The third-order valence-electron chi connectivity index (χ3n) is 12.6. The molecule has 23 heteroatoms. The average Bonchev–Trinajstić information content (AvgIpc) is 4.14. The van der Waals surface area contributed by atoms with Gasteiger partial charge in [0.1, 0.15) is 25.2 Å². The number of benzene rings is 3. The van der Waals surface area contributed by atoms with Crippen LogP contribution >= 0.6 is 0 Å². The van der Waals surface area contributed by atoms with E-state index in [0.717, 1.165) is 55.7 Å². The number of likely N-dealkylation sites (N-methyl/N-ethyl adjacent to an activating group) is 3. The van der Waals surface area contributed by atoms with Crippen LogP contribution in [0.2, 0.25) is 0 Å². The Labute approximate surface area is 488 Å². The molecule has 22 nitrogen and oxygen atoms in total. The van der Waals surface area contributed by atoms with Crippen molar-refractivity contribution in [3.8, 4) is 17.0 Å². The predicted molar refractivity (Wildman–Crippen MR) is 295 cm³/mol. The predicted octanol–water partition coefficient (Wildman–Crippen LogP) is 5.65. The van der Waals surface area contributed by atoms with Gasteiger partial charge in [-0.3, -0.25) is 24.2 Å². The summed E-state index contributed by atoms with van der Waals surface area (Å²) in [4.78, 5) is 90.9. The minimum atomic E-state index is -0.873. The number of anilines is 3. The van der Waals surface area contributed by atoms with Gasteiger partial charge in [-0.2, -0.15) is 5.48 Å². The fourth-order valence-electron chi connectivity index (χ4n) is 8.29. The molecule has 1 radical (unpaired) electrons. The van der Waals surface area contributed by atoms with E-state index in [1.54, 1.807) is 56.1 Å². The first-order valence-electron chi connectivity index (χ1n) is 26.4. The van der Waals surface area contributed by atoms with Gasteiger partial charge in [-0.05, 0) is 106 Å². The summed E-state index contributed by atoms with van der Waals surface area (Å²) in [7, 11) is 5.17. The number of likely N-dealkylation sites (tertiary alicyclic amines) is 2. The summed E-state index contributed by atoms with van der Waals surface area (Å²) in [5.74, 6) is -0.286. The van der Waals surface area contributed by atoms with E-state index in [0.29, 0.717) is 61.1 Å². The minimum Gasteiger partial charge on any atom is -0.492 e. The van der Waals surface area contributed by atoms with Gasteiger partial charge in [-0.15, -0.1) is 0 Å². The molecule has 2 saturated heterocycles. The fraction of sp³-hybridized carbons (Fsp3) is 0.464. The smallest absolute Gasteiger partial charge is 0.409 e. The molecule has 79 heavy (non-hydrogen) atoms. The van der Waals surface area contributed by atoms with Gasteiger partial charge in [-0.25, -0.2) is 24.5 Å². The van der Waals surface area contributed by atoms with E-state index in [4.69, 9.17) is 34.9 Å². The van der Waals surface area contributed by atoms with Crippen molar-refractivity contribution in [3.05, 3.63) is 108 Å². The summed E-state index contributed by atoms with van der Waals surface area (Å²) in [6.45, 7) is 10.2. The van der Waals surface area contributed by atoms with Gasteiger partial charge in [0, 0.05) is 89.4 Å². The van der Waals surface area contributed by atoms with Crippen LogP contribution < -0.4 is 31.5 Å². The molecule has 3 aromatic carbocycles. The van der Waals surface area contributed by atoms with Crippen molar-refractivity contribution < 1.29 is 85.6 Å². The number of hydrogen-bond donors (Lipinski definition) is 5. The summed E-state index contributed by atoms with van der Waals surface area (Å²) in [5.41, 5.74) is 11.3. The van der Waals surface area contributed by atoms with Crippen molar-refractivity contribution in [2.45, 2.75) is 84.3 Å². The van der Waals surface area contributed by atoms with E-state index in [-0.39, 0.29) is 95.8 Å². The van der Waals surface area contributed by atoms with Gasteiger partial charge in [0.25, 0.3) is 0 Å². The molecule has 0 saturated carbocycles. The van der Waals surface area contributed by atoms with Crippen LogP contribution in [0, 0.1) is 0 Å². The standard InChI is InChI=1S/C49H61N9O8.C4H8N2O3.C3H8.Y/c1-54-21-9-12-43(54)46(60)51-32-45(59)52-40-15-13-36(14-16-40)34-66-49(62)56(3)25-24-55(2)48(61)58-41-17-18-44(65-29-26-57-22-4-5-23-57)39(31-41)35-64-28-7-6-27-63-33-37-10-8-11-38(30-37)42-19-20-50-47(58)53-42;5-4(8)1-3(2-7)6-9;1-3-2;/h6-8,10-11,13-20,30-31,43H,4-5,9,12,21-29,32-35H2,1-3H3,(H,51,60)(H,52,59);2-3,6,9H,1H2,(H2,5,8);3H2,1-2H3;/b7-6+;;;. The quantitative estimate of drug-likeness (QED) is 0.0486. The number of urea groups is 1. The van der Waals surface area contributed by atoms with E-state index in [9.17, 15) is 28.8 Å². The summed E-state index contributed by atoms with van der Waals surface area (Å²) in [6.07, 6.45) is 10.5. The SMILES string of the molecule is CCC.CN(CCN(C)C(=O)N1c2ccc(OCCN3CCCC3)c(c2)COC/C=C/COCc2cccc(c2)-c2ccnc1n2)C(=O)OCc1ccc(NC(=O)CNC(=O)C2CCCN2C)cc1.NC(=O)CC(C=O)NO.[Y]. The Morgan fingerprint density at radius 1 is 0.911 bits per heavy atom. The van der Waals surface area contributed by atoms with Crippen LogP contribution in [0.4, 0.5) is 26.9 Å². The molecule has 0 aliphatic carbocycles. The first-order valence-corrected chi connectivity index (χ1v) is 26.4. The van der Waals surface area contributed by atoms with Gasteiger partial charge in [0.2, 0.25) is 23.7 Å². The van der Waals surface area contributed by atoms with E-state index in [1.165, 1.54) is 34.0 Å². The van der Waals surface area contributed by atoms with Gasteiger partial charge < -0.3 is 55.1 Å². The van der Waals surface area contributed by atoms with Crippen LogP contribution in [0.25, 0.3) is 11.3 Å². The number of carbonyl (C=O) groups excluding carboxylic acids is 6. The zero-order valence-electron chi connectivity index (χ0n) is 46.1. The molecule has 4 heterocycles. The number of amides is 6. The second-order valence-corrected chi connectivity index (χ2v) is 19.0. The second kappa shape index (κ2) is 35.4. The minimum absolute atomic E-state index is 0. The second-order valence-electron chi connectivity index (χ2n) is 19.0. The van der Waals surface area contributed by atoms with Crippen molar-refractivity contribution in [1.82, 2.24) is 40.4 Å². The van der Waals surface area contributed by atoms with Crippen molar-refractivity contribution in [2.75, 3.05) is 97.0 Å². The van der Waals surface area contributed by atoms with Gasteiger partial charge >= 0.3 is 12.1 Å². The first kappa shape index (κ1) is 65.3. The normalized spacial score (nSPS) is 16.1. The molecule has 425 valence electrons. The van der Waals surface area contributed by atoms with Crippen LogP contribution in [0.1, 0.15) is 69.1 Å².